The van der Waals surface area contributed by atoms with Gasteiger partial charge in [0.05, 0.1) is 6.54 Å². The molecule has 0 N–H and O–H groups in total. The fourth-order valence-corrected chi connectivity index (χ4v) is 4.40. The topological polar surface area (TPSA) is 25.2 Å². The lowest BCUT2D eigenvalue weighted by Crippen LogP contribution is -2.36. The van der Waals surface area contributed by atoms with Gasteiger partial charge in [-0.25, -0.2) is 4.39 Å². The lowest BCUT2D eigenvalue weighted by molar-refractivity contribution is -0.138. The van der Waals surface area contributed by atoms with Crippen molar-refractivity contribution >= 4 is 5.91 Å². The third-order valence-corrected chi connectivity index (χ3v) is 6.00. The van der Waals surface area contributed by atoms with Crippen LogP contribution in [0.25, 0.3) is 0 Å². The van der Waals surface area contributed by atoms with Crippen molar-refractivity contribution < 1.29 is 9.18 Å². The molecule has 1 aliphatic rings. The summed E-state index contributed by atoms with van der Waals surface area (Å²) in [6, 6.07) is 21.0. The summed E-state index contributed by atoms with van der Waals surface area (Å²) >= 11 is 0. The molecule has 0 spiro atoms. The summed E-state index contributed by atoms with van der Waals surface area (Å²) in [5, 5.41) is 0. The van der Waals surface area contributed by atoms with Gasteiger partial charge < -0.3 is 9.47 Å². The van der Waals surface area contributed by atoms with Crippen molar-refractivity contribution in [3.05, 3.63) is 95.6 Å². The van der Waals surface area contributed by atoms with E-state index < -0.39 is 0 Å². The molecule has 1 heterocycles. The van der Waals surface area contributed by atoms with Crippen molar-refractivity contribution in [1.29, 1.82) is 0 Å². The Labute approximate surface area is 178 Å². The van der Waals surface area contributed by atoms with Gasteiger partial charge in [-0.3, -0.25) is 4.79 Å². The first-order chi connectivity index (χ1) is 14.7. The Balaban J connectivity index is 1.54. The normalized spacial score (nSPS) is 14.6. The summed E-state index contributed by atoms with van der Waals surface area (Å²) in [6.45, 7) is 1.77. The molecule has 4 heteroatoms. The molecule has 2 aromatic carbocycles. The Morgan fingerprint density at radius 2 is 1.67 bits per heavy atom. The van der Waals surface area contributed by atoms with Crippen molar-refractivity contribution in [3.8, 4) is 0 Å². The average Bonchev–Trinajstić information content (AvgIpc) is 3.20. The first-order valence-corrected chi connectivity index (χ1v) is 10.9. The Bertz CT molecular complexity index is 960. The molecule has 1 amide bonds. The van der Waals surface area contributed by atoms with Gasteiger partial charge in [-0.1, -0.05) is 61.7 Å². The fraction of sp³-hybridized carbons (Fsp3) is 0.346. The highest BCUT2D eigenvalue weighted by atomic mass is 19.1. The molecule has 0 radical (unpaired) electrons. The minimum Gasteiger partial charge on any atom is -0.345 e. The average molecular weight is 405 g/mol. The highest BCUT2D eigenvalue weighted by Gasteiger charge is 2.26. The zero-order valence-electron chi connectivity index (χ0n) is 17.3. The summed E-state index contributed by atoms with van der Waals surface area (Å²) in [4.78, 5) is 15.4. The number of carbonyl (C=O) groups excluding carboxylic acids is 1. The standard InChI is InChI=1S/C26H29FN2O/c27-24-14-7-11-22(17-24)19-28-16-8-15-25(28)20-29(18-21-9-3-1-4-10-21)26(30)23-12-5-2-6-13-23/h1,3-4,7-11,14-17,23H,2,5-6,12-13,18-20H2. The van der Waals surface area contributed by atoms with E-state index in [1.807, 2.05) is 41.4 Å². The summed E-state index contributed by atoms with van der Waals surface area (Å²) in [7, 11) is 0. The number of nitrogens with zero attached hydrogens (tertiary/aromatic N) is 2. The Hall–Kier alpha value is -2.88. The van der Waals surface area contributed by atoms with Crippen LogP contribution in [0.4, 0.5) is 4.39 Å². The molecule has 156 valence electrons. The second kappa shape index (κ2) is 9.75. The minimum atomic E-state index is -0.223. The van der Waals surface area contributed by atoms with Crippen LogP contribution in [0.3, 0.4) is 0 Å². The van der Waals surface area contributed by atoms with Crippen LogP contribution in [0.5, 0.6) is 0 Å². The molecule has 1 aromatic heterocycles. The van der Waals surface area contributed by atoms with Gasteiger partial charge in [0.25, 0.3) is 0 Å². The van der Waals surface area contributed by atoms with Crippen molar-refractivity contribution in [3.63, 3.8) is 0 Å². The monoisotopic (exact) mass is 404 g/mol. The van der Waals surface area contributed by atoms with E-state index in [0.717, 1.165) is 42.5 Å². The van der Waals surface area contributed by atoms with Crippen molar-refractivity contribution in [2.45, 2.75) is 51.7 Å². The lowest BCUT2D eigenvalue weighted by atomic mass is 9.88. The highest BCUT2D eigenvalue weighted by Crippen LogP contribution is 2.27. The van der Waals surface area contributed by atoms with Gasteiger partial charge in [-0.2, -0.15) is 0 Å². The van der Waals surface area contributed by atoms with E-state index >= 15 is 0 Å². The van der Waals surface area contributed by atoms with Gasteiger partial charge in [0, 0.05) is 30.9 Å². The predicted octanol–water partition coefficient (Wildman–Crippen LogP) is 5.78. The van der Waals surface area contributed by atoms with Crippen LogP contribution in [0, 0.1) is 11.7 Å². The van der Waals surface area contributed by atoms with Crippen LogP contribution in [0.15, 0.2) is 72.9 Å². The molecule has 0 aliphatic heterocycles. The Kier molecular flexibility index (Phi) is 6.63. The van der Waals surface area contributed by atoms with E-state index in [9.17, 15) is 9.18 Å². The SMILES string of the molecule is O=C(C1CCCCC1)N(Cc1ccccc1)Cc1cccn1Cc1cccc(F)c1. The molecule has 0 saturated heterocycles. The van der Waals surface area contributed by atoms with Gasteiger partial charge >= 0.3 is 0 Å². The maximum Gasteiger partial charge on any atom is 0.226 e. The molecule has 1 saturated carbocycles. The van der Waals surface area contributed by atoms with E-state index in [2.05, 4.69) is 22.8 Å². The number of aromatic nitrogens is 1. The van der Waals surface area contributed by atoms with Crippen LogP contribution in [0.1, 0.15) is 48.9 Å². The molecular weight excluding hydrogens is 375 g/mol. The van der Waals surface area contributed by atoms with Crippen LogP contribution in [0.2, 0.25) is 0 Å². The molecule has 30 heavy (non-hydrogen) atoms. The quantitative estimate of drug-likeness (QED) is 0.490. The van der Waals surface area contributed by atoms with Crippen LogP contribution in [-0.2, 0) is 24.4 Å². The first-order valence-electron chi connectivity index (χ1n) is 10.9. The van der Waals surface area contributed by atoms with Crippen LogP contribution < -0.4 is 0 Å². The third kappa shape index (κ3) is 5.18. The van der Waals surface area contributed by atoms with Crippen molar-refractivity contribution in [2.75, 3.05) is 0 Å². The maximum atomic E-state index is 13.6. The van der Waals surface area contributed by atoms with E-state index in [1.165, 1.54) is 12.5 Å². The first kappa shape index (κ1) is 20.4. The maximum absolute atomic E-state index is 13.6. The number of carbonyl (C=O) groups is 1. The number of hydrogen-bond acceptors (Lipinski definition) is 1. The van der Waals surface area contributed by atoms with E-state index in [-0.39, 0.29) is 17.6 Å². The molecule has 1 fully saturated rings. The van der Waals surface area contributed by atoms with Crippen molar-refractivity contribution in [1.82, 2.24) is 9.47 Å². The summed E-state index contributed by atoms with van der Waals surface area (Å²) < 4.78 is 15.7. The van der Waals surface area contributed by atoms with Crippen LogP contribution in [-0.4, -0.2) is 15.4 Å². The second-order valence-electron chi connectivity index (χ2n) is 8.27. The van der Waals surface area contributed by atoms with Gasteiger partial charge in [0.15, 0.2) is 0 Å². The van der Waals surface area contributed by atoms with Gasteiger partial charge in [0.2, 0.25) is 5.91 Å². The number of benzene rings is 2. The van der Waals surface area contributed by atoms with Gasteiger partial charge in [-0.15, -0.1) is 0 Å². The Morgan fingerprint density at radius 3 is 2.43 bits per heavy atom. The highest BCUT2D eigenvalue weighted by molar-refractivity contribution is 5.79. The van der Waals surface area contributed by atoms with E-state index in [0.29, 0.717) is 19.6 Å². The molecule has 0 atom stereocenters. The van der Waals surface area contributed by atoms with E-state index in [1.54, 1.807) is 12.1 Å². The number of rotatable bonds is 7. The molecule has 4 rings (SSSR count). The molecule has 0 bridgehead atoms. The smallest absolute Gasteiger partial charge is 0.226 e. The number of amides is 1. The fourth-order valence-electron chi connectivity index (χ4n) is 4.40. The largest absolute Gasteiger partial charge is 0.345 e. The molecule has 3 aromatic rings. The minimum absolute atomic E-state index is 0.133. The number of halogens is 1. The molecular formula is C26H29FN2O. The van der Waals surface area contributed by atoms with Crippen LogP contribution >= 0.6 is 0 Å². The summed E-state index contributed by atoms with van der Waals surface area (Å²) in [6.07, 6.45) is 7.52. The second-order valence-corrected chi connectivity index (χ2v) is 8.27. The molecule has 0 unspecified atom stereocenters. The Morgan fingerprint density at radius 1 is 0.900 bits per heavy atom. The zero-order valence-corrected chi connectivity index (χ0v) is 17.3. The molecule has 1 aliphatic carbocycles. The lowest BCUT2D eigenvalue weighted by Gasteiger charge is -2.30. The summed E-state index contributed by atoms with van der Waals surface area (Å²) in [5.74, 6) is 0.172. The number of hydrogen-bond donors (Lipinski definition) is 0. The third-order valence-electron chi connectivity index (χ3n) is 6.00. The van der Waals surface area contributed by atoms with Gasteiger partial charge in [-0.05, 0) is 48.2 Å². The van der Waals surface area contributed by atoms with Gasteiger partial charge in [0.1, 0.15) is 5.82 Å². The zero-order chi connectivity index (χ0) is 20.8. The molecule has 3 nitrogen and oxygen atoms in total. The van der Waals surface area contributed by atoms with E-state index in [4.69, 9.17) is 0 Å². The van der Waals surface area contributed by atoms with Crippen molar-refractivity contribution in [2.24, 2.45) is 5.92 Å². The summed E-state index contributed by atoms with van der Waals surface area (Å²) in [5.41, 5.74) is 3.13. The predicted molar refractivity (Wildman–Crippen MR) is 117 cm³/mol.